The van der Waals surface area contributed by atoms with Gasteiger partial charge < -0.3 is 15.5 Å². The molecule has 0 amide bonds. The molecule has 23 heavy (non-hydrogen) atoms. The molecule has 1 heterocycles. The van der Waals surface area contributed by atoms with Gasteiger partial charge in [0.2, 0.25) is 5.89 Å². The highest BCUT2D eigenvalue weighted by atomic mass is 35.5. The molecule has 0 saturated heterocycles. The Morgan fingerprint density at radius 3 is 2.65 bits per heavy atom. The highest BCUT2D eigenvalue weighted by molar-refractivity contribution is 6.33. The van der Waals surface area contributed by atoms with Crippen LogP contribution in [0.1, 0.15) is 25.7 Å². The summed E-state index contributed by atoms with van der Waals surface area (Å²) in [7, 11) is 0. The van der Waals surface area contributed by atoms with Crippen molar-refractivity contribution in [2.24, 2.45) is 5.73 Å². The molecule has 3 rings (SSSR count). The van der Waals surface area contributed by atoms with Gasteiger partial charge >= 0.3 is 5.76 Å². The number of anilines is 1. The molecule has 1 fully saturated rings. The van der Waals surface area contributed by atoms with Crippen LogP contribution in [0.15, 0.2) is 21.3 Å². The van der Waals surface area contributed by atoms with Crippen molar-refractivity contribution in [2.75, 3.05) is 5.32 Å². The summed E-state index contributed by atoms with van der Waals surface area (Å²) in [5.41, 5.74) is 6.68. The van der Waals surface area contributed by atoms with E-state index in [0.717, 1.165) is 25.7 Å². The van der Waals surface area contributed by atoms with Gasteiger partial charge in [-0.15, -0.1) is 17.5 Å². The lowest BCUT2D eigenvalue weighted by Gasteiger charge is -2.28. The topological polar surface area (TPSA) is 96.9 Å². The minimum Gasteiger partial charge on any atom is -0.388 e. The Bertz CT molecular complexity index is 726. The molecule has 4 N–H and O–H groups in total. The lowest BCUT2D eigenvalue weighted by Crippen LogP contribution is -2.32. The second-order valence-corrected chi connectivity index (χ2v) is 5.87. The molecule has 2 aromatic rings. The van der Waals surface area contributed by atoms with Crippen LogP contribution in [-0.4, -0.2) is 22.3 Å². The normalized spacial score (nSPS) is 20.8. The van der Waals surface area contributed by atoms with Crippen LogP contribution >= 0.6 is 24.0 Å². The Kier molecular flexibility index (Phi) is 5.67. The number of halogens is 3. The molecule has 1 saturated carbocycles. The second kappa shape index (κ2) is 7.33. The fraction of sp³-hybridized carbons (Fsp3) is 0.429. The third-order valence-electron chi connectivity index (χ3n) is 3.84. The van der Waals surface area contributed by atoms with E-state index in [1.807, 2.05) is 0 Å². The van der Waals surface area contributed by atoms with E-state index < -0.39 is 11.6 Å². The summed E-state index contributed by atoms with van der Waals surface area (Å²) < 4.78 is 18.8. The quantitative estimate of drug-likeness (QED) is 0.779. The van der Waals surface area contributed by atoms with Gasteiger partial charge in [-0.3, -0.25) is 0 Å². The lowest BCUT2D eigenvalue weighted by molar-refractivity contribution is 0.411. The summed E-state index contributed by atoms with van der Waals surface area (Å²) in [6.45, 7) is 0. The van der Waals surface area contributed by atoms with Gasteiger partial charge in [0.25, 0.3) is 0 Å². The zero-order valence-corrected chi connectivity index (χ0v) is 13.7. The monoisotopic (exact) mass is 362 g/mol. The van der Waals surface area contributed by atoms with Crippen molar-refractivity contribution in [3.63, 3.8) is 0 Å². The van der Waals surface area contributed by atoms with Crippen LogP contribution in [0.25, 0.3) is 11.5 Å². The summed E-state index contributed by atoms with van der Waals surface area (Å²) in [6.07, 6.45) is 3.65. The fourth-order valence-corrected chi connectivity index (χ4v) is 2.82. The largest absolute Gasteiger partial charge is 0.434 e. The van der Waals surface area contributed by atoms with Crippen LogP contribution in [0.3, 0.4) is 0 Å². The number of benzene rings is 1. The van der Waals surface area contributed by atoms with Crippen molar-refractivity contribution in [1.82, 2.24) is 10.2 Å². The molecular weight excluding hydrogens is 346 g/mol. The second-order valence-electron chi connectivity index (χ2n) is 5.49. The number of hydrogen-bond donors (Lipinski definition) is 3. The number of H-pyrrole nitrogens is 1. The first-order valence-electron chi connectivity index (χ1n) is 7.10. The average Bonchev–Trinajstić information content (AvgIpc) is 2.92. The van der Waals surface area contributed by atoms with Gasteiger partial charge in [-0.2, -0.15) is 0 Å². The molecule has 1 aromatic heterocycles. The van der Waals surface area contributed by atoms with E-state index in [4.69, 9.17) is 21.8 Å². The van der Waals surface area contributed by atoms with Crippen LogP contribution in [-0.2, 0) is 0 Å². The van der Waals surface area contributed by atoms with Gasteiger partial charge in [0.05, 0.1) is 10.7 Å². The molecule has 126 valence electrons. The molecule has 6 nitrogen and oxygen atoms in total. The Labute approximate surface area is 143 Å². The van der Waals surface area contributed by atoms with Gasteiger partial charge in [0, 0.05) is 17.6 Å². The summed E-state index contributed by atoms with van der Waals surface area (Å²) in [5, 5.41) is 9.09. The summed E-state index contributed by atoms with van der Waals surface area (Å²) >= 11 is 6.02. The third kappa shape index (κ3) is 4.04. The van der Waals surface area contributed by atoms with Crippen LogP contribution in [0.2, 0.25) is 5.02 Å². The number of aromatic amines is 1. The van der Waals surface area contributed by atoms with Crippen molar-refractivity contribution >= 4 is 29.7 Å². The van der Waals surface area contributed by atoms with Crippen LogP contribution in [0.4, 0.5) is 10.1 Å². The molecule has 0 radical (unpaired) electrons. The predicted octanol–water partition coefficient (Wildman–Crippen LogP) is 2.93. The van der Waals surface area contributed by atoms with E-state index >= 15 is 0 Å². The van der Waals surface area contributed by atoms with E-state index in [-0.39, 0.29) is 35.4 Å². The molecular formula is C14H17Cl2FN4O2. The van der Waals surface area contributed by atoms with Crippen molar-refractivity contribution in [1.29, 1.82) is 0 Å². The number of nitrogens with one attached hydrogen (secondary N) is 2. The highest BCUT2D eigenvalue weighted by Crippen LogP contribution is 2.32. The first-order chi connectivity index (χ1) is 10.5. The van der Waals surface area contributed by atoms with Crippen molar-refractivity contribution in [3.05, 3.63) is 33.5 Å². The number of rotatable bonds is 3. The molecule has 9 heteroatoms. The molecule has 0 atom stereocenters. The molecule has 1 aromatic carbocycles. The lowest BCUT2D eigenvalue weighted by atomic mass is 9.91. The Balaban J connectivity index is 0.00000192. The number of nitrogens with two attached hydrogens (primary N) is 1. The first kappa shape index (κ1) is 17.8. The Hall–Kier alpha value is -1.57. The molecule has 1 aliphatic rings. The van der Waals surface area contributed by atoms with Crippen LogP contribution in [0.5, 0.6) is 0 Å². The van der Waals surface area contributed by atoms with Crippen molar-refractivity contribution in [3.8, 4) is 11.5 Å². The molecule has 1 aliphatic carbocycles. The summed E-state index contributed by atoms with van der Waals surface area (Å²) in [4.78, 5) is 11.0. The standard InChI is InChI=1S/C14H16ClFN4O2.ClH/c15-12-10(16)5-7(13-19-20-14(21)22-13)6-11(12)18-9-3-1-8(17)2-4-9;/h5-6,8-9,18H,1-4,17H2,(H,20,21);1H/t8-,9-;. The first-order valence-corrected chi connectivity index (χ1v) is 7.48. The van der Waals surface area contributed by atoms with Gasteiger partial charge in [-0.1, -0.05) is 11.6 Å². The summed E-state index contributed by atoms with van der Waals surface area (Å²) in [5.74, 6) is -1.27. The number of aromatic nitrogens is 2. The molecule has 0 spiro atoms. The van der Waals surface area contributed by atoms with Gasteiger partial charge in [0.1, 0.15) is 5.82 Å². The van der Waals surface area contributed by atoms with E-state index in [9.17, 15) is 9.18 Å². The zero-order valence-electron chi connectivity index (χ0n) is 12.1. The van der Waals surface area contributed by atoms with E-state index in [0.29, 0.717) is 11.3 Å². The number of hydrogen-bond acceptors (Lipinski definition) is 5. The Morgan fingerprint density at radius 1 is 1.35 bits per heavy atom. The van der Waals surface area contributed by atoms with Gasteiger partial charge in [0.15, 0.2) is 0 Å². The maximum absolute atomic E-state index is 14.0. The van der Waals surface area contributed by atoms with Crippen LogP contribution in [0, 0.1) is 5.82 Å². The third-order valence-corrected chi connectivity index (χ3v) is 4.23. The SMILES string of the molecule is Cl.N[C@H]1CC[C@H](Nc2cc(-c3n[nH]c(=O)o3)cc(F)c2Cl)CC1. The minimum absolute atomic E-state index is 0. The molecule has 0 bridgehead atoms. The van der Waals surface area contributed by atoms with E-state index in [2.05, 4.69) is 15.5 Å². The van der Waals surface area contributed by atoms with Gasteiger partial charge in [-0.05, 0) is 37.8 Å². The fourth-order valence-electron chi connectivity index (χ4n) is 2.65. The van der Waals surface area contributed by atoms with Crippen molar-refractivity contribution < 1.29 is 8.81 Å². The molecule has 0 unspecified atom stereocenters. The summed E-state index contributed by atoms with van der Waals surface area (Å²) in [6, 6.07) is 3.23. The van der Waals surface area contributed by atoms with E-state index in [1.54, 1.807) is 6.07 Å². The highest BCUT2D eigenvalue weighted by Gasteiger charge is 2.21. The Morgan fingerprint density at radius 2 is 2.04 bits per heavy atom. The maximum atomic E-state index is 14.0. The minimum atomic E-state index is -0.693. The van der Waals surface area contributed by atoms with Gasteiger partial charge in [-0.25, -0.2) is 14.3 Å². The molecule has 0 aliphatic heterocycles. The zero-order chi connectivity index (χ0) is 15.7. The maximum Gasteiger partial charge on any atom is 0.434 e. The van der Waals surface area contributed by atoms with Crippen LogP contribution < -0.4 is 16.8 Å². The predicted molar refractivity (Wildman–Crippen MR) is 88.6 cm³/mol. The smallest absolute Gasteiger partial charge is 0.388 e. The average molecular weight is 363 g/mol. The number of nitrogens with zero attached hydrogens (tertiary/aromatic N) is 1. The van der Waals surface area contributed by atoms with Crippen molar-refractivity contribution in [2.45, 2.75) is 37.8 Å². The van der Waals surface area contributed by atoms with E-state index in [1.165, 1.54) is 6.07 Å².